The maximum Gasteiger partial charge on any atom is 0.223 e. The molecular formula is C28H34N8O2. The Morgan fingerprint density at radius 2 is 1.63 bits per heavy atom. The number of nitrogen functional groups attached to an aromatic ring is 1. The molecule has 3 heterocycles. The number of aromatic nitrogens is 4. The number of carbonyl (C=O) groups is 1. The minimum atomic E-state index is 0.201. The lowest BCUT2D eigenvalue weighted by molar-refractivity contribution is -0.132. The molecule has 0 aliphatic carbocycles. The number of hydrogen-bond acceptors (Lipinski definition) is 8. The first-order valence-electron chi connectivity index (χ1n) is 13.1. The van der Waals surface area contributed by atoms with E-state index in [2.05, 4.69) is 33.7 Å². The van der Waals surface area contributed by atoms with Crippen molar-refractivity contribution < 1.29 is 9.53 Å². The predicted octanol–water partition coefficient (Wildman–Crippen LogP) is 3.38. The molecule has 4 aromatic rings. The number of ether oxygens (including phenoxy) is 1. The van der Waals surface area contributed by atoms with Crippen LogP contribution in [0.15, 0.2) is 60.9 Å². The van der Waals surface area contributed by atoms with Crippen LogP contribution >= 0.6 is 0 Å². The Hall–Kier alpha value is -4.18. The summed E-state index contributed by atoms with van der Waals surface area (Å²) in [6.45, 7) is 9.55. The lowest BCUT2D eigenvalue weighted by Crippen LogP contribution is -2.53. The van der Waals surface area contributed by atoms with Gasteiger partial charge in [-0.15, -0.1) is 5.10 Å². The van der Waals surface area contributed by atoms with Crippen LogP contribution in [0.2, 0.25) is 0 Å². The summed E-state index contributed by atoms with van der Waals surface area (Å²) in [5.74, 6) is 2.09. The lowest BCUT2D eigenvalue weighted by Gasteiger charge is -2.36. The molecular weight excluding hydrogens is 480 g/mol. The van der Waals surface area contributed by atoms with Gasteiger partial charge in [-0.3, -0.25) is 9.80 Å². The fraction of sp³-hybridized carbons (Fsp3) is 0.357. The third-order valence-corrected chi connectivity index (χ3v) is 7.00. The van der Waals surface area contributed by atoms with Gasteiger partial charge in [-0.1, -0.05) is 32.0 Å². The van der Waals surface area contributed by atoms with Gasteiger partial charge < -0.3 is 20.3 Å². The van der Waals surface area contributed by atoms with E-state index in [4.69, 9.17) is 15.6 Å². The summed E-state index contributed by atoms with van der Waals surface area (Å²) in [4.78, 5) is 27.5. The zero-order chi connectivity index (χ0) is 26.5. The molecule has 1 aliphatic heterocycles. The number of carbonyl (C=O) groups excluding carboxylic acids is 1. The average Bonchev–Trinajstić information content (AvgIpc) is 3.35. The normalized spacial score (nSPS) is 13.9. The molecule has 38 heavy (non-hydrogen) atoms. The van der Waals surface area contributed by atoms with Crippen LogP contribution in [0.3, 0.4) is 0 Å². The first-order chi connectivity index (χ1) is 18.6. The van der Waals surface area contributed by atoms with Crippen LogP contribution in [0.25, 0.3) is 22.3 Å². The van der Waals surface area contributed by atoms with E-state index in [1.165, 1.54) is 6.33 Å². The largest absolute Gasteiger partial charge is 0.457 e. The van der Waals surface area contributed by atoms with E-state index >= 15 is 0 Å². The van der Waals surface area contributed by atoms with E-state index in [9.17, 15) is 4.79 Å². The highest BCUT2D eigenvalue weighted by Gasteiger charge is 2.25. The fourth-order valence-electron chi connectivity index (χ4n) is 4.75. The van der Waals surface area contributed by atoms with Crippen LogP contribution in [-0.4, -0.2) is 81.4 Å². The second-order valence-corrected chi connectivity index (χ2v) is 9.25. The number of piperazine rings is 1. The second-order valence-electron chi connectivity index (χ2n) is 9.25. The molecule has 10 nitrogen and oxygen atoms in total. The molecule has 198 valence electrons. The van der Waals surface area contributed by atoms with Crippen LogP contribution in [-0.2, 0) is 4.79 Å². The Bertz CT molecular complexity index is 1360. The van der Waals surface area contributed by atoms with Crippen molar-refractivity contribution in [1.29, 1.82) is 0 Å². The Kier molecular flexibility index (Phi) is 7.69. The van der Waals surface area contributed by atoms with Gasteiger partial charge in [0, 0.05) is 31.6 Å². The number of nitrogens with zero attached hydrogens (tertiary/aromatic N) is 7. The van der Waals surface area contributed by atoms with E-state index in [1.807, 2.05) is 64.3 Å². The van der Waals surface area contributed by atoms with Crippen molar-refractivity contribution in [3.05, 3.63) is 60.9 Å². The van der Waals surface area contributed by atoms with Crippen molar-refractivity contribution in [2.24, 2.45) is 0 Å². The number of rotatable bonds is 9. The molecule has 0 saturated carbocycles. The van der Waals surface area contributed by atoms with Gasteiger partial charge in [0.05, 0.1) is 18.5 Å². The van der Waals surface area contributed by atoms with Crippen LogP contribution < -0.4 is 15.5 Å². The van der Waals surface area contributed by atoms with Gasteiger partial charge in [0.15, 0.2) is 5.65 Å². The van der Waals surface area contributed by atoms with Gasteiger partial charge in [0.25, 0.3) is 0 Å². The molecule has 0 spiro atoms. The topological polar surface area (TPSA) is 106 Å². The zero-order valence-electron chi connectivity index (χ0n) is 22.0. The third kappa shape index (κ3) is 5.40. The summed E-state index contributed by atoms with van der Waals surface area (Å²) in [6, 6.07) is 17.4. The molecule has 0 bridgehead atoms. The van der Waals surface area contributed by atoms with Crippen LogP contribution in [0.5, 0.6) is 11.5 Å². The fourth-order valence-corrected chi connectivity index (χ4v) is 4.75. The highest BCUT2D eigenvalue weighted by atomic mass is 16.5. The molecule has 10 heteroatoms. The quantitative estimate of drug-likeness (QED) is 0.362. The molecule has 1 aliphatic rings. The van der Waals surface area contributed by atoms with Crippen molar-refractivity contribution in [2.75, 3.05) is 56.6 Å². The molecule has 0 radical (unpaired) electrons. The second kappa shape index (κ2) is 11.5. The summed E-state index contributed by atoms with van der Waals surface area (Å²) in [6.07, 6.45) is 2.01. The van der Waals surface area contributed by atoms with Crippen molar-refractivity contribution in [3.8, 4) is 22.8 Å². The van der Waals surface area contributed by atoms with Gasteiger partial charge in [-0.05, 0) is 49.5 Å². The van der Waals surface area contributed by atoms with E-state index in [-0.39, 0.29) is 5.91 Å². The number of benzene rings is 2. The number of anilines is 1. The standard InChI is InChI=1S/C28H34N8O2/c1-3-33(4-2)15-14-24(37)34-16-18-35(19-17-34)36-28-25(27(29)30-20-31-28)26(32-36)21-10-12-23(13-11-21)38-22-8-6-5-7-9-22/h5-13,20H,3-4,14-19H2,1-2H3,(H2,29,30,31). The number of amides is 1. The van der Waals surface area contributed by atoms with Gasteiger partial charge in [0.2, 0.25) is 5.91 Å². The highest BCUT2D eigenvalue weighted by molar-refractivity contribution is 5.98. The van der Waals surface area contributed by atoms with E-state index in [0.717, 1.165) is 36.7 Å². The third-order valence-electron chi connectivity index (χ3n) is 7.00. The summed E-state index contributed by atoms with van der Waals surface area (Å²) < 4.78 is 5.94. The number of fused-ring (bicyclic) bond motifs is 1. The lowest BCUT2D eigenvalue weighted by atomic mass is 10.1. The highest BCUT2D eigenvalue weighted by Crippen LogP contribution is 2.32. The first kappa shape index (κ1) is 25.5. The Morgan fingerprint density at radius 1 is 0.947 bits per heavy atom. The molecule has 1 saturated heterocycles. The van der Waals surface area contributed by atoms with Gasteiger partial charge in [0.1, 0.15) is 29.3 Å². The van der Waals surface area contributed by atoms with Crippen LogP contribution in [0.4, 0.5) is 5.82 Å². The minimum absolute atomic E-state index is 0.201. The van der Waals surface area contributed by atoms with Gasteiger partial charge in [-0.25, -0.2) is 9.97 Å². The number of nitrogens with two attached hydrogens (primary N) is 1. The first-order valence-corrected chi connectivity index (χ1v) is 13.1. The number of para-hydroxylation sites is 1. The summed E-state index contributed by atoms with van der Waals surface area (Å²) in [7, 11) is 0. The Morgan fingerprint density at radius 3 is 2.32 bits per heavy atom. The molecule has 1 fully saturated rings. The van der Waals surface area contributed by atoms with Crippen molar-refractivity contribution in [2.45, 2.75) is 20.3 Å². The van der Waals surface area contributed by atoms with Crippen molar-refractivity contribution in [1.82, 2.24) is 29.7 Å². The molecule has 2 N–H and O–H groups in total. The molecule has 0 atom stereocenters. The van der Waals surface area contributed by atoms with E-state index in [1.54, 1.807) is 0 Å². The monoisotopic (exact) mass is 514 g/mol. The average molecular weight is 515 g/mol. The van der Waals surface area contributed by atoms with Crippen molar-refractivity contribution in [3.63, 3.8) is 0 Å². The summed E-state index contributed by atoms with van der Waals surface area (Å²) in [5.41, 5.74) is 8.56. The smallest absolute Gasteiger partial charge is 0.223 e. The zero-order valence-corrected chi connectivity index (χ0v) is 22.0. The molecule has 2 aromatic heterocycles. The van der Waals surface area contributed by atoms with Crippen LogP contribution in [0.1, 0.15) is 20.3 Å². The van der Waals surface area contributed by atoms with Gasteiger partial charge >= 0.3 is 0 Å². The van der Waals surface area contributed by atoms with Crippen LogP contribution in [0, 0.1) is 0 Å². The Balaban J connectivity index is 1.33. The summed E-state index contributed by atoms with van der Waals surface area (Å²) in [5, 5.41) is 7.74. The number of hydrogen-bond donors (Lipinski definition) is 1. The maximum atomic E-state index is 12.8. The molecule has 0 unspecified atom stereocenters. The van der Waals surface area contributed by atoms with Gasteiger partial charge in [-0.2, -0.15) is 4.79 Å². The van der Waals surface area contributed by atoms with E-state index < -0.39 is 0 Å². The molecule has 2 aromatic carbocycles. The molecule has 5 rings (SSSR count). The molecule has 1 amide bonds. The predicted molar refractivity (Wildman–Crippen MR) is 149 cm³/mol. The SMILES string of the molecule is CCN(CC)CCC(=O)N1CCN(n2nc(-c3ccc(Oc4ccccc4)cc3)c3c(N)ncnc32)CC1. The van der Waals surface area contributed by atoms with Crippen molar-refractivity contribution >= 4 is 22.8 Å². The Labute approximate surface area is 222 Å². The minimum Gasteiger partial charge on any atom is -0.457 e. The van der Waals surface area contributed by atoms with E-state index in [0.29, 0.717) is 55.1 Å². The summed E-state index contributed by atoms with van der Waals surface area (Å²) >= 11 is 0. The maximum absolute atomic E-state index is 12.8.